The van der Waals surface area contributed by atoms with Crippen LogP contribution in [-0.4, -0.2) is 25.6 Å². The maximum atomic E-state index is 13.3. The highest BCUT2D eigenvalue weighted by atomic mass is 16.5. The van der Waals surface area contributed by atoms with Crippen molar-refractivity contribution in [3.05, 3.63) is 91.7 Å². The number of tetrazole rings is 1. The quantitative estimate of drug-likeness (QED) is 0.469. The molecule has 0 bridgehead atoms. The van der Waals surface area contributed by atoms with Crippen LogP contribution in [-0.2, 0) is 0 Å². The van der Waals surface area contributed by atoms with Gasteiger partial charge in [0, 0.05) is 17.5 Å². The van der Waals surface area contributed by atoms with E-state index in [9.17, 15) is 4.79 Å². The SMILES string of the molecule is Cc1cc(-c2ccc(C3C(c4nn[nH]n4)=C(N)Oc4c3c(=O)oc3c4=CCCC=3)cc2)cnc1C. The minimum atomic E-state index is -0.597. The summed E-state index contributed by atoms with van der Waals surface area (Å²) in [7, 11) is 0. The van der Waals surface area contributed by atoms with Crippen LogP contribution in [0.4, 0.5) is 0 Å². The lowest BCUT2D eigenvalue weighted by Crippen LogP contribution is -2.39. The second-order valence-electron chi connectivity index (χ2n) is 8.69. The van der Waals surface area contributed by atoms with Crippen molar-refractivity contribution in [2.24, 2.45) is 5.73 Å². The number of benzene rings is 1. The summed E-state index contributed by atoms with van der Waals surface area (Å²) in [5, 5.41) is 15.1. The Morgan fingerprint density at radius 3 is 2.63 bits per heavy atom. The van der Waals surface area contributed by atoms with Crippen LogP contribution < -0.4 is 26.7 Å². The van der Waals surface area contributed by atoms with Gasteiger partial charge in [-0.25, -0.2) is 4.79 Å². The van der Waals surface area contributed by atoms with Crippen LogP contribution in [0.2, 0.25) is 0 Å². The van der Waals surface area contributed by atoms with Gasteiger partial charge in [-0.3, -0.25) is 4.98 Å². The number of nitrogens with one attached hydrogen (secondary N) is 1. The molecule has 6 rings (SSSR count). The molecule has 2 aliphatic rings. The van der Waals surface area contributed by atoms with Gasteiger partial charge >= 0.3 is 5.63 Å². The molecule has 174 valence electrons. The van der Waals surface area contributed by atoms with Gasteiger partial charge in [0.05, 0.1) is 22.3 Å². The molecule has 0 fully saturated rings. The molecule has 4 heterocycles. The average Bonchev–Trinajstić information content (AvgIpc) is 3.40. The lowest BCUT2D eigenvalue weighted by atomic mass is 9.82. The summed E-state index contributed by atoms with van der Waals surface area (Å²) in [4.78, 5) is 17.8. The van der Waals surface area contributed by atoms with Gasteiger partial charge in [-0.15, -0.1) is 10.2 Å². The predicted octanol–water partition coefficient (Wildman–Crippen LogP) is 2.04. The molecule has 0 amide bonds. The van der Waals surface area contributed by atoms with Crippen LogP contribution in [0.3, 0.4) is 0 Å². The lowest BCUT2D eigenvalue weighted by Gasteiger charge is -2.27. The summed E-state index contributed by atoms with van der Waals surface area (Å²) in [6, 6.07) is 10.0. The van der Waals surface area contributed by atoms with E-state index in [-0.39, 0.29) is 11.7 Å². The van der Waals surface area contributed by atoms with E-state index in [1.54, 1.807) is 0 Å². The highest BCUT2D eigenvalue weighted by Crippen LogP contribution is 2.43. The maximum absolute atomic E-state index is 13.3. The highest BCUT2D eigenvalue weighted by Gasteiger charge is 2.37. The summed E-state index contributed by atoms with van der Waals surface area (Å²) in [5.41, 5.74) is 12.2. The zero-order chi connectivity index (χ0) is 24.1. The molecular weight excluding hydrogens is 444 g/mol. The Morgan fingerprint density at radius 1 is 1.09 bits per heavy atom. The van der Waals surface area contributed by atoms with Gasteiger partial charge < -0.3 is 14.9 Å². The number of allylic oxidation sites excluding steroid dienone is 1. The average molecular weight is 467 g/mol. The lowest BCUT2D eigenvalue weighted by molar-refractivity contribution is 0.373. The molecule has 1 unspecified atom stereocenters. The molecule has 3 aromatic heterocycles. The van der Waals surface area contributed by atoms with Crippen molar-refractivity contribution in [1.29, 1.82) is 0 Å². The van der Waals surface area contributed by atoms with Crippen molar-refractivity contribution in [3.63, 3.8) is 0 Å². The largest absolute Gasteiger partial charge is 0.440 e. The first-order chi connectivity index (χ1) is 17.0. The summed E-state index contributed by atoms with van der Waals surface area (Å²) in [5.74, 6) is 0.205. The van der Waals surface area contributed by atoms with Crippen molar-refractivity contribution in [2.75, 3.05) is 0 Å². The number of hydrogen-bond donors (Lipinski definition) is 2. The van der Waals surface area contributed by atoms with Crippen molar-refractivity contribution in [1.82, 2.24) is 25.6 Å². The predicted molar refractivity (Wildman–Crippen MR) is 129 cm³/mol. The molecule has 0 saturated heterocycles. The number of fused-ring (bicyclic) bond motifs is 3. The van der Waals surface area contributed by atoms with E-state index in [1.165, 1.54) is 0 Å². The van der Waals surface area contributed by atoms with E-state index in [1.807, 2.05) is 56.5 Å². The minimum absolute atomic E-state index is 0.123. The number of rotatable bonds is 3. The molecule has 35 heavy (non-hydrogen) atoms. The molecule has 9 heteroatoms. The van der Waals surface area contributed by atoms with Crippen molar-refractivity contribution in [2.45, 2.75) is 32.6 Å². The Hall–Kier alpha value is -4.53. The third-order valence-corrected chi connectivity index (χ3v) is 6.58. The number of hydrogen-bond acceptors (Lipinski definition) is 8. The first-order valence-corrected chi connectivity index (χ1v) is 11.3. The summed E-state index contributed by atoms with van der Waals surface area (Å²) < 4.78 is 11.7. The van der Waals surface area contributed by atoms with Crippen molar-refractivity contribution < 1.29 is 9.15 Å². The maximum Gasteiger partial charge on any atom is 0.344 e. The number of nitrogens with zero attached hydrogens (tertiary/aromatic N) is 4. The molecule has 0 radical (unpaired) electrons. The molecule has 4 aromatic rings. The van der Waals surface area contributed by atoms with E-state index >= 15 is 0 Å². The Morgan fingerprint density at radius 2 is 1.89 bits per heavy atom. The van der Waals surface area contributed by atoms with Gasteiger partial charge in [-0.05, 0) is 60.7 Å². The van der Waals surface area contributed by atoms with Crippen LogP contribution in [0.15, 0.2) is 51.6 Å². The second kappa shape index (κ2) is 8.05. The Bertz CT molecular complexity index is 1670. The Labute approximate surface area is 199 Å². The number of ether oxygens (including phenoxy) is 1. The molecule has 0 spiro atoms. The number of H-pyrrole nitrogens is 1. The molecule has 1 aliphatic heterocycles. The third-order valence-electron chi connectivity index (χ3n) is 6.58. The molecule has 1 atom stereocenters. The van der Waals surface area contributed by atoms with Gasteiger partial charge in [0.25, 0.3) is 0 Å². The molecule has 1 aromatic carbocycles. The Balaban J connectivity index is 1.55. The third kappa shape index (κ3) is 3.43. The molecular formula is C26H22N6O3. The normalized spacial score (nSPS) is 16.6. The first-order valence-electron chi connectivity index (χ1n) is 11.3. The van der Waals surface area contributed by atoms with Gasteiger partial charge in [0.2, 0.25) is 5.82 Å². The summed E-state index contributed by atoms with van der Waals surface area (Å²) >= 11 is 0. The van der Waals surface area contributed by atoms with E-state index in [2.05, 4.69) is 31.7 Å². The number of pyridine rings is 1. The van der Waals surface area contributed by atoms with E-state index < -0.39 is 11.5 Å². The Kier molecular flexibility index (Phi) is 4.84. The number of aromatic amines is 1. The van der Waals surface area contributed by atoms with Crippen molar-refractivity contribution >= 4 is 17.7 Å². The van der Waals surface area contributed by atoms with E-state index in [0.717, 1.165) is 46.0 Å². The fourth-order valence-corrected chi connectivity index (χ4v) is 4.67. The number of aromatic nitrogens is 5. The first kappa shape index (κ1) is 21.0. The summed E-state index contributed by atoms with van der Waals surface area (Å²) in [6.45, 7) is 4.03. The topological polar surface area (TPSA) is 133 Å². The van der Waals surface area contributed by atoms with Crippen LogP contribution in [0.25, 0.3) is 28.9 Å². The van der Waals surface area contributed by atoms with Crippen LogP contribution in [0, 0.1) is 13.8 Å². The number of aryl methyl sites for hydroxylation is 2. The van der Waals surface area contributed by atoms with Gasteiger partial charge in [0.15, 0.2) is 11.6 Å². The number of nitrogens with two attached hydrogens (primary N) is 1. The molecule has 3 N–H and O–H groups in total. The monoisotopic (exact) mass is 466 g/mol. The summed E-state index contributed by atoms with van der Waals surface area (Å²) in [6.07, 6.45) is 7.39. The van der Waals surface area contributed by atoms with Crippen LogP contribution in [0.5, 0.6) is 5.75 Å². The van der Waals surface area contributed by atoms with Gasteiger partial charge in [-0.1, -0.05) is 30.3 Å². The fourth-order valence-electron chi connectivity index (χ4n) is 4.67. The van der Waals surface area contributed by atoms with Crippen LogP contribution >= 0.6 is 0 Å². The smallest absolute Gasteiger partial charge is 0.344 e. The molecule has 0 saturated carbocycles. The zero-order valence-electron chi connectivity index (χ0n) is 19.2. The van der Waals surface area contributed by atoms with Gasteiger partial charge in [-0.2, -0.15) is 5.21 Å². The van der Waals surface area contributed by atoms with Crippen LogP contribution in [0.1, 0.15) is 47.0 Å². The molecule has 1 aliphatic carbocycles. The van der Waals surface area contributed by atoms with E-state index in [0.29, 0.717) is 22.3 Å². The second-order valence-corrected chi connectivity index (χ2v) is 8.69. The zero-order valence-corrected chi connectivity index (χ0v) is 19.2. The standard InChI is InChI=1S/C26H22N6O3/c1-13-11-17(12-28-14(13)2)15-7-9-16(10-8-15)20-21-23(18-5-3-4-6-19(18)34-26(21)33)35-24(27)22(20)25-29-31-32-30-25/h5-12,20H,3-4,27H2,1-2H3,(H,29,30,31,32). The van der Waals surface area contributed by atoms with Crippen molar-refractivity contribution in [3.8, 4) is 16.9 Å². The van der Waals surface area contributed by atoms with Gasteiger partial charge in [0.1, 0.15) is 5.42 Å². The highest BCUT2D eigenvalue weighted by molar-refractivity contribution is 5.76. The minimum Gasteiger partial charge on any atom is -0.440 e. The molecule has 9 nitrogen and oxygen atoms in total. The van der Waals surface area contributed by atoms with E-state index in [4.69, 9.17) is 14.9 Å². The fraction of sp³-hybridized carbons (Fsp3) is 0.192.